The van der Waals surface area contributed by atoms with Crippen LogP contribution >= 0.6 is 11.6 Å². The smallest absolute Gasteiger partial charge is 0.363 e. The summed E-state index contributed by atoms with van der Waals surface area (Å²) in [5.74, 6) is 0.718. The summed E-state index contributed by atoms with van der Waals surface area (Å²) in [4.78, 5) is 27.4. The number of benzene rings is 3. The van der Waals surface area contributed by atoms with Crippen LogP contribution in [0.5, 0.6) is 11.5 Å². The molecule has 1 aliphatic heterocycles. The number of halogens is 1. The van der Waals surface area contributed by atoms with Crippen LogP contribution in [0.2, 0.25) is 5.02 Å². The number of hydrogen-bond acceptors (Lipinski definition) is 7. The lowest BCUT2D eigenvalue weighted by Crippen LogP contribution is -2.05. The first kappa shape index (κ1) is 25.9. The summed E-state index contributed by atoms with van der Waals surface area (Å²) < 4.78 is 17.0. The van der Waals surface area contributed by atoms with Crippen LogP contribution in [0.3, 0.4) is 0 Å². The first-order valence-electron chi connectivity index (χ1n) is 11.7. The van der Waals surface area contributed by atoms with E-state index in [-0.39, 0.29) is 28.9 Å². The number of hydrogen-bond donors (Lipinski definition) is 0. The van der Waals surface area contributed by atoms with Crippen molar-refractivity contribution in [2.75, 3.05) is 6.61 Å². The van der Waals surface area contributed by atoms with Crippen LogP contribution in [-0.2, 0) is 16.1 Å². The Labute approximate surface area is 219 Å². The number of carbonyl (C=O) groups is 1. The second-order valence-corrected chi connectivity index (χ2v) is 9.00. The normalized spacial score (nSPS) is 14.0. The average Bonchev–Trinajstić information content (AvgIpc) is 3.23. The number of aliphatic imine (C=N–C) groups is 1. The molecule has 190 valence electrons. The number of rotatable bonds is 9. The number of nitrogens with zero attached hydrogens (tertiary/aromatic N) is 2. The number of carbonyl (C=O) groups excluding carboxylic acids is 1. The second kappa shape index (κ2) is 11.3. The highest BCUT2D eigenvalue weighted by Gasteiger charge is 2.25. The minimum absolute atomic E-state index is 0.0292. The molecule has 0 bridgehead atoms. The van der Waals surface area contributed by atoms with Crippen molar-refractivity contribution >= 4 is 35.2 Å². The van der Waals surface area contributed by atoms with Gasteiger partial charge in [0.1, 0.15) is 6.61 Å². The lowest BCUT2D eigenvalue weighted by Gasteiger charge is -2.14. The predicted octanol–water partition coefficient (Wildman–Crippen LogP) is 6.69. The van der Waals surface area contributed by atoms with Crippen LogP contribution in [0.4, 0.5) is 5.69 Å². The molecule has 9 heteroatoms. The van der Waals surface area contributed by atoms with E-state index >= 15 is 0 Å². The molecule has 0 saturated carbocycles. The van der Waals surface area contributed by atoms with Gasteiger partial charge in [0, 0.05) is 17.7 Å². The molecule has 0 radical (unpaired) electrons. The third kappa shape index (κ3) is 6.16. The molecule has 0 N–H and O–H groups in total. The highest BCUT2D eigenvalue weighted by Crippen LogP contribution is 2.38. The summed E-state index contributed by atoms with van der Waals surface area (Å²) in [7, 11) is 0. The minimum Gasteiger partial charge on any atom is -0.490 e. The molecule has 1 heterocycles. The molecule has 4 rings (SSSR count). The molecule has 3 aromatic rings. The molecule has 0 atom stereocenters. The first-order chi connectivity index (χ1) is 17.7. The zero-order valence-corrected chi connectivity index (χ0v) is 21.3. The largest absolute Gasteiger partial charge is 0.490 e. The molecular weight excluding hydrogens is 496 g/mol. The van der Waals surface area contributed by atoms with Crippen molar-refractivity contribution in [2.24, 2.45) is 4.99 Å². The van der Waals surface area contributed by atoms with E-state index in [1.807, 2.05) is 31.2 Å². The zero-order chi connectivity index (χ0) is 26.5. The van der Waals surface area contributed by atoms with Crippen molar-refractivity contribution in [3.63, 3.8) is 0 Å². The Morgan fingerprint density at radius 2 is 1.86 bits per heavy atom. The molecule has 1 aliphatic rings. The standard InChI is InChI=1S/C28H25ClN2O6/c1-4-35-25-15-19(13-23(29)26(25)36-16-18-6-5-7-22(12-18)31(33)34)14-24-28(32)37-27(30-24)21-10-8-20(9-11-21)17(2)3/h5-15,17H,4,16H2,1-3H3/b24-14-. The number of nitro benzene ring substituents is 1. The van der Waals surface area contributed by atoms with Gasteiger partial charge in [-0.05, 0) is 59.9 Å². The molecule has 0 amide bonds. The molecule has 0 unspecified atom stereocenters. The Hall–Kier alpha value is -4.17. The van der Waals surface area contributed by atoms with E-state index in [9.17, 15) is 14.9 Å². The van der Waals surface area contributed by atoms with Crippen molar-refractivity contribution in [3.05, 3.63) is 104 Å². The van der Waals surface area contributed by atoms with Crippen molar-refractivity contribution in [3.8, 4) is 11.5 Å². The van der Waals surface area contributed by atoms with E-state index in [1.165, 1.54) is 17.7 Å². The zero-order valence-electron chi connectivity index (χ0n) is 20.6. The molecule has 8 nitrogen and oxygen atoms in total. The quantitative estimate of drug-likeness (QED) is 0.135. The summed E-state index contributed by atoms with van der Waals surface area (Å²) in [5.41, 5.74) is 3.17. The molecule has 3 aromatic carbocycles. The Kier molecular flexibility index (Phi) is 7.89. The van der Waals surface area contributed by atoms with Crippen LogP contribution in [-0.4, -0.2) is 23.4 Å². The maximum absolute atomic E-state index is 12.5. The maximum atomic E-state index is 12.5. The SMILES string of the molecule is CCOc1cc(/C=C2\N=C(c3ccc(C(C)C)cc3)OC2=O)cc(Cl)c1OCc1cccc([N+](=O)[O-])c1. The average molecular weight is 521 g/mol. The van der Waals surface area contributed by atoms with Gasteiger partial charge in [0.2, 0.25) is 5.90 Å². The van der Waals surface area contributed by atoms with E-state index in [2.05, 4.69) is 18.8 Å². The van der Waals surface area contributed by atoms with Gasteiger partial charge >= 0.3 is 5.97 Å². The van der Waals surface area contributed by atoms with Crippen molar-refractivity contribution in [1.82, 2.24) is 0 Å². The lowest BCUT2D eigenvalue weighted by atomic mass is 10.0. The fourth-order valence-corrected chi connectivity index (χ4v) is 3.96. The van der Waals surface area contributed by atoms with Gasteiger partial charge in [-0.1, -0.05) is 49.7 Å². The number of cyclic esters (lactones) is 1. The van der Waals surface area contributed by atoms with Crippen LogP contribution in [0, 0.1) is 10.1 Å². The molecule has 0 spiro atoms. The molecule has 0 aliphatic carbocycles. The Balaban J connectivity index is 1.58. The van der Waals surface area contributed by atoms with Gasteiger partial charge in [0.25, 0.3) is 5.69 Å². The van der Waals surface area contributed by atoms with E-state index < -0.39 is 10.9 Å². The molecule has 37 heavy (non-hydrogen) atoms. The topological polar surface area (TPSA) is 100 Å². The molecular formula is C28H25ClN2O6. The van der Waals surface area contributed by atoms with Gasteiger partial charge in [-0.15, -0.1) is 0 Å². The summed E-state index contributed by atoms with van der Waals surface area (Å²) in [6.07, 6.45) is 1.57. The number of nitro groups is 1. The summed E-state index contributed by atoms with van der Waals surface area (Å²) in [6, 6.07) is 17.2. The van der Waals surface area contributed by atoms with Crippen LogP contribution in [0.15, 0.2) is 71.4 Å². The van der Waals surface area contributed by atoms with Gasteiger partial charge in [0.05, 0.1) is 16.6 Å². The summed E-state index contributed by atoms with van der Waals surface area (Å²) in [5, 5.41) is 11.3. The van der Waals surface area contributed by atoms with E-state index in [0.29, 0.717) is 40.7 Å². The number of ether oxygens (including phenoxy) is 3. The molecule has 0 aromatic heterocycles. The fraction of sp³-hybridized carbons (Fsp3) is 0.214. The van der Waals surface area contributed by atoms with Gasteiger partial charge < -0.3 is 14.2 Å². The molecule has 0 saturated heterocycles. The van der Waals surface area contributed by atoms with Crippen LogP contribution < -0.4 is 9.47 Å². The third-order valence-electron chi connectivity index (χ3n) is 5.58. The highest BCUT2D eigenvalue weighted by atomic mass is 35.5. The Morgan fingerprint density at radius 3 is 2.54 bits per heavy atom. The molecule has 0 fully saturated rings. The van der Waals surface area contributed by atoms with Crippen LogP contribution in [0.1, 0.15) is 48.9 Å². The van der Waals surface area contributed by atoms with Gasteiger partial charge in [0.15, 0.2) is 17.2 Å². The van der Waals surface area contributed by atoms with Gasteiger partial charge in [-0.2, -0.15) is 0 Å². The highest BCUT2D eigenvalue weighted by molar-refractivity contribution is 6.32. The van der Waals surface area contributed by atoms with E-state index in [4.69, 9.17) is 25.8 Å². The maximum Gasteiger partial charge on any atom is 0.363 e. The second-order valence-electron chi connectivity index (χ2n) is 8.59. The summed E-state index contributed by atoms with van der Waals surface area (Å²) in [6.45, 7) is 6.43. The Bertz CT molecular complexity index is 1400. The van der Waals surface area contributed by atoms with Crippen molar-refractivity contribution in [2.45, 2.75) is 33.3 Å². The third-order valence-corrected chi connectivity index (χ3v) is 5.87. The lowest BCUT2D eigenvalue weighted by molar-refractivity contribution is -0.384. The summed E-state index contributed by atoms with van der Waals surface area (Å²) >= 11 is 6.51. The monoisotopic (exact) mass is 520 g/mol. The van der Waals surface area contributed by atoms with Crippen LogP contribution in [0.25, 0.3) is 6.08 Å². The van der Waals surface area contributed by atoms with Gasteiger partial charge in [-0.25, -0.2) is 9.79 Å². The minimum atomic E-state index is -0.567. The number of esters is 1. The predicted molar refractivity (Wildman–Crippen MR) is 141 cm³/mol. The van der Waals surface area contributed by atoms with E-state index in [1.54, 1.807) is 30.3 Å². The fourth-order valence-electron chi connectivity index (χ4n) is 3.69. The van der Waals surface area contributed by atoms with Crippen molar-refractivity contribution in [1.29, 1.82) is 0 Å². The van der Waals surface area contributed by atoms with Crippen molar-refractivity contribution < 1.29 is 23.9 Å². The first-order valence-corrected chi connectivity index (χ1v) is 12.1. The van der Waals surface area contributed by atoms with Gasteiger partial charge in [-0.3, -0.25) is 10.1 Å². The van der Waals surface area contributed by atoms with E-state index in [0.717, 1.165) is 0 Å². The number of non-ortho nitro benzene ring substituents is 1. The Morgan fingerprint density at radius 1 is 1.11 bits per heavy atom.